The van der Waals surface area contributed by atoms with Gasteiger partial charge in [-0.2, -0.15) is 0 Å². The standard InChI is InChI=1S/C30H37N3O4/c1-20-25-18-23(22-14-16-32(17-15-22)19-21-8-6-5-7-9-21)10-11-24(25)29(36)33(20)26(28(31)35)12-13-27(34)37-30(2,3)4/h5-11,14,18,20,26H,12-13,15-17,19H2,1-4H3,(H2,31,35)/t20-,26+/m1/s1. The average Bonchev–Trinajstić information content (AvgIpc) is 3.09. The second-order valence-corrected chi connectivity index (χ2v) is 10.9. The molecule has 2 aliphatic heterocycles. The number of carbonyl (C=O) groups is 3. The molecule has 2 aliphatic rings. The summed E-state index contributed by atoms with van der Waals surface area (Å²) < 4.78 is 5.37. The van der Waals surface area contributed by atoms with Crippen molar-refractivity contribution in [3.8, 4) is 0 Å². The number of fused-ring (bicyclic) bond motifs is 1. The SMILES string of the molecule is C[C@@H]1c2cc(C3=CCN(Cc4ccccc4)CC3)ccc2C(=O)N1[C@@H](CCC(=O)OC(C)(C)C)C(N)=O. The van der Waals surface area contributed by atoms with Crippen LogP contribution in [-0.4, -0.2) is 52.3 Å². The van der Waals surface area contributed by atoms with Gasteiger partial charge in [0.25, 0.3) is 5.91 Å². The maximum atomic E-state index is 13.3. The molecule has 0 spiro atoms. The maximum absolute atomic E-state index is 13.3. The van der Waals surface area contributed by atoms with E-state index in [4.69, 9.17) is 10.5 Å². The minimum Gasteiger partial charge on any atom is -0.460 e. The molecule has 2 heterocycles. The van der Waals surface area contributed by atoms with E-state index in [9.17, 15) is 14.4 Å². The number of ether oxygens (including phenoxy) is 1. The fraction of sp³-hybridized carbons (Fsp3) is 0.433. The van der Waals surface area contributed by atoms with Gasteiger partial charge in [-0.05, 0) is 74.9 Å². The van der Waals surface area contributed by atoms with Crippen LogP contribution >= 0.6 is 0 Å². The molecule has 7 heteroatoms. The van der Waals surface area contributed by atoms with E-state index in [0.29, 0.717) is 5.56 Å². The Morgan fingerprint density at radius 1 is 1.14 bits per heavy atom. The number of hydrogen-bond donors (Lipinski definition) is 1. The Morgan fingerprint density at radius 2 is 1.86 bits per heavy atom. The number of carbonyl (C=O) groups excluding carboxylic acids is 3. The van der Waals surface area contributed by atoms with Gasteiger partial charge in [-0.1, -0.05) is 42.5 Å². The lowest BCUT2D eigenvalue weighted by Crippen LogP contribution is -2.46. The monoisotopic (exact) mass is 503 g/mol. The van der Waals surface area contributed by atoms with Crippen molar-refractivity contribution in [1.29, 1.82) is 0 Å². The van der Waals surface area contributed by atoms with E-state index in [0.717, 1.165) is 37.2 Å². The Labute approximate surface area is 219 Å². The molecular formula is C30H37N3O4. The minimum absolute atomic E-state index is 0.00927. The van der Waals surface area contributed by atoms with Gasteiger partial charge in [0, 0.05) is 31.6 Å². The largest absolute Gasteiger partial charge is 0.460 e. The van der Waals surface area contributed by atoms with Crippen molar-refractivity contribution in [1.82, 2.24) is 9.80 Å². The second kappa shape index (κ2) is 10.9. The molecule has 7 nitrogen and oxygen atoms in total. The van der Waals surface area contributed by atoms with E-state index in [1.165, 1.54) is 16.0 Å². The highest BCUT2D eigenvalue weighted by atomic mass is 16.6. The van der Waals surface area contributed by atoms with Crippen LogP contribution in [0, 0.1) is 0 Å². The van der Waals surface area contributed by atoms with E-state index >= 15 is 0 Å². The minimum atomic E-state index is -0.883. The number of primary amides is 1. The molecule has 0 saturated carbocycles. The van der Waals surface area contributed by atoms with Crippen LogP contribution in [0.2, 0.25) is 0 Å². The number of hydrogen-bond acceptors (Lipinski definition) is 5. The summed E-state index contributed by atoms with van der Waals surface area (Å²) in [6.07, 6.45) is 3.33. The smallest absolute Gasteiger partial charge is 0.306 e. The normalized spacial score (nSPS) is 18.8. The fourth-order valence-corrected chi connectivity index (χ4v) is 5.20. The molecule has 2 amide bonds. The topological polar surface area (TPSA) is 92.9 Å². The fourth-order valence-electron chi connectivity index (χ4n) is 5.20. The Bertz CT molecular complexity index is 1200. The van der Waals surface area contributed by atoms with E-state index in [1.54, 1.807) is 20.8 Å². The molecule has 2 aromatic rings. The van der Waals surface area contributed by atoms with Crippen molar-refractivity contribution in [3.05, 3.63) is 76.9 Å². The number of rotatable bonds is 8. The zero-order valence-electron chi connectivity index (χ0n) is 22.2. The maximum Gasteiger partial charge on any atom is 0.306 e. The number of esters is 1. The third-order valence-corrected chi connectivity index (χ3v) is 7.00. The number of nitrogens with zero attached hydrogens (tertiary/aromatic N) is 2. The summed E-state index contributed by atoms with van der Waals surface area (Å²) in [5.74, 6) is -1.26. The molecule has 0 bridgehead atoms. The molecule has 2 aromatic carbocycles. The van der Waals surface area contributed by atoms with Gasteiger partial charge < -0.3 is 15.4 Å². The van der Waals surface area contributed by atoms with Crippen LogP contribution in [0.25, 0.3) is 5.57 Å². The first-order chi connectivity index (χ1) is 17.5. The molecule has 37 heavy (non-hydrogen) atoms. The molecule has 196 valence electrons. The zero-order valence-corrected chi connectivity index (χ0v) is 22.2. The summed E-state index contributed by atoms with van der Waals surface area (Å²) in [5.41, 5.74) is 10.2. The van der Waals surface area contributed by atoms with E-state index < -0.39 is 23.5 Å². The quantitative estimate of drug-likeness (QED) is 0.537. The molecule has 2 N–H and O–H groups in total. The molecule has 0 unspecified atom stereocenters. The first kappa shape index (κ1) is 26.6. The second-order valence-electron chi connectivity index (χ2n) is 10.9. The number of amides is 2. The van der Waals surface area contributed by atoms with Gasteiger partial charge in [0.1, 0.15) is 11.6 Å². The molecule has 4 rings (SSSR count). The van der Waals surface area contributed by atoms with Crippen molar-refractivity contribution in [3.63, 3.8) is 0 Å². The van der Waals surface area contributed by atoms with Crippen molar-refractivity contribution >= 4 is 23.4 Å². The third kappa shape index (κ3) is 6.28. The first-order valence-corrected chi connectivity index (χ1v) is 13.0. The van der Waals surface area contributed by atoms with Crippen LogP contribution < -0.4 is 5.73 Å². The molecular weight excluding hydrogens is 466 g/mol. The van der Waals surface area contributed by atoms with Gasteiger partial charge in [0.15, 0.2) is 0 Å². The molecule has 0 radical (unpaired) electrons. The highest BCUT2D eigenvalue weighted by Crippen LogP contribution is 2.38. The highest BCUT2D eigenvalue weighted by Gasteiger charge is 2.41. The van der Waals surface area contributed by atoms with Crippen molar-refractivity contribution in [2.45, 2.75) is 71.2 Å². The van der Waals surface area contributed by atoms with Crippen LogP contribution in [0.4, 0.5) is 0 Å². The molecule has 0 aliphatic carbocycles. The van der Waals surface area contributed by atoms with Gasteiger partial charge >= 0.3 is 5.97 Å². The number of nitrogens with two attached hydrogens (primary N) is 1. The van der Waals surface area contributed by atoms with Gasteiger partial charge in [0.2, 0.25) is 5.91 Å². The lowest BCUT2D eigenvalue weighted by atomic mass is 9.94. The van der Waals surface area contributed by atoms with Crippen molar-refractivity contribution in [2.24, 2.45) is 5.73 Å². The van der Waals surface area contributed by atoms with E-state index in [1.807, 2.05) is 25.1 Å². The Kier molecular flexibility index (Phi) is 7.83. The summed E-state index contributed by atoms with van der Waals surface area (Å²) in [6.45, 7) is 10.0. The van der Waals surface area contributed by atoms with Crippen LogP contribution in [0.15, 0.2) is 54.6 Å². The third-order valence-electron chi connectivity index (χ3n) is 7.00. The molecule has 0 saturated heterocycles. The summed E-state index contributed by atoms with van der Waals surface area (Å²) in [6, 6.07) is 15.2. The molecule has 0 aromatic heterocycles. The number of benzene rings is 2. The first-order valence-electron chi connectivity index (χ1n) is 13.0. The van der Waals surface area contributed by atoms with Crippen LogP contribution in [0.3, 0.4) is 0 Å². The zero-order chi connectivity index (χ0) is 26.7. The predicted molar refractivity (Wildman–Crippen MR) is 143 cm³/mol. The van der Waals surface area contributed by atoms with Crippen molar-refractivity contribution < 1.29 is 19.1 Å². The summed E-state index contributed by atoms with van der Waals surface area (Å²) in [5, 5.41) is 0. The lowest BCUT2D eigenvalue weighted by molar-refractivity contribution is -0.155. The highest BCUT2D eigenvalue weighted by molar-refractivity contribution is 6.02. The summed E-state index contributed by atoms with van der Waals surface area (Å²) >= 11 is 0. The average molecular weight is 504 g/mol. The van der Waals surface area contributed by atoms with Gasteiger partial charge in [-0.3, -0.25) is 19.3 Å². The van der Waals surface area contributed by atoms with Crippen LogP contribution in [0.1, 0.15) is 80.0 Å². The van der Waals surface area contributed by atoms with Gasteiger partial charge in [-0.25, -0.2) is 0 Å². The van der Waals surface area contributed by atoms with Gasteiger partial charge in [0.05, 0.1) is 6.04 Å². The van der Waals surface area contributed by atoms with E-state index in [-0.39, 0.29) is 24.8 Å². The Hall–Kier alpha value is -3.45. The Morgan fingerprint density at radius 3 is 2.49 bits per heavy atom. The summed E-state index contributed by atoms with van der Waals surface area (Å²) in [7, 11) is 0. The summed E-state index contributed by atoms with van der Waals surface area (Å²) in [4.78, 5) is 41.9. The lowest BCUT2D eigenvalue weighted by Gasteiger charge is -2.30. The van der Waals surface area contributed by atoms with Crippen molar-refractivity contribution in [2.75, 3.05) is 13.1 Å². The van der Waals surface area contributed by atoms with Crippen LogP contribution in [0.5, 0.6) is 0 Å². The molecule has 2 atom stereocenters. The van der Waals surface area contributed by atoms with Crippen LogP contribution in [-0.2, 0) is 20.9 Å². The Balaban J connectivity index is 1.46. The molecule has 0 fully saturated rings. The predicted octanol–water partition coefficient (Wildman–Crippen LogP) is 4.47. The van der Waals surface area contributed by atoms with E-state index in [2.05, 4.69) is 41.3 Å². The van der Waals surface area contributed by atoms with Gasteiger partial charge in [-0.15, -0.1) is 0 Å².